The molecule has 5 nitrogen and oxygen atoms in total. The van der Waals surface area contributed by atoms with Crippen LogP contribution in [0.3, 0.4) is 0 Å². The van der Waals surface area contributed by atoms with Crippen LogP contribution in [0.15, 0.2) is 47.2 Å². The number of carbonyl (C=O) groups is 1. The number of thioether (sulfide) groups is 1. The van der Waals surface area contributed by atoms with Crippen LogP contribution in [-0.4, -0.2) is 25.9 Å². The van der Waals surface area contributed by atoms with Crippen LogP contribution in [0.5, 0.6) is 0 Å². The number of nitrogens with zero attached hydrogens (tertiary/aromatic N) is 3. The molecule has 0 saturated carbocycles. The second-order valence-corrected chi connectivity index (χ2v) is 8.19. The summed E-state index contributed by atoms with van der Waals surface area (Å²) in [6.45, 7) is 4.23. The Hall–Kier alpha value is -2.19. The molecule has 3 aromatic rings. The summed E-state index contributed by atoms with van der Waals surface area (Å²) >= 11 is 3.05. The number of carbonyl (C=O) groups excluding carboxylic acids is 1. The maximum atomic E-state index is 13.6. The van der Waals surface area contributed by atoms with Crippen LogP contribution in [0.2, 0.25) is 0 Å². The van der Waals surface area contributed by atoms with E-state index in [0.717, 1.165) is 13.0 Å². The van der Waals surface area contributed by atoms with Crippen LogP contribution in [0.1, 0.15) is 17.4 Å². The summed E-state index contributed by atoms with van der Waals surface area (Å²) in [5.41, 5.74) is 0.994. The highest BCUT2D eigenvalue weighted by atomic mass is 32.2. The van der Waals surface area contributed by atoms with E-state index in [1.54, 1.807) is 43.6 Å². The summed E-state index contributed by atoms with van der Waals surface area (Å²) in [5, 5.41) is 13.2. The number of rotatable bonds is 7. The minimum atomic E-state index is -0.385. The van der Waals surface area contributed by atoms with Crippen molar-refractivity contribution in [1.82, 2.24) is 14.8 Å². The van der Waals surface area contributed by atoms with Gasteiger partial charge in [-0.1, -0.05) is 23.9 Å². The lowest BCUT2D eigenvalue weighted by atomic mass is 10.2. The Labute approximate surface area is 159 Å². The van der Waals surface area contributed by atoms with Crippen molar-refractivity contribution in [2.45, 2.75) is 37.2 Å². The molecule has 1 atom stereocenters. The molecule has 0 aliphatic heterocycles. The molecule has 136 valence electrons. The van der Waals surface area contributed by atoms with E-state index in [4.69, 9.17) is 0 Å². The maximum Gasteiger partial charge on any atom is 0.237 e. The third-order valence-electron chi connectivity index (χ3n) is 3.85. The van der Waals surface area contributed by atoms with Gasteiger partial charge in [-0.15, -0.1) is 21.5 Å². The van der Waals surface area contributed by atoms with E-state index in [0.29, 0.717) is 16.4 Å². The number of hydrogen-bond acceptors (Lipinski definition) is 5. The maximum absolute atomic E-state index is 13.6. The van der Waals surface area contributed by atoms with Gasteiger partial charge in [0.2, 0.25) is 5.91 Å². The summed E-state index contributed by atoms with van der Waals surface area (Å²) in [6.07, 6.45) is 2.57. The van der Waals surface area contributed by atoms with Gasteiger partial charge in [-0.25, -0.2) is 4.39 Å². The molecule has 2 heterocycles. The largest absolute Gasteiger partial charge is 0.325 e. The predicted molar refractivity (Wildman–Crippen MR) is 103 cm³/mol. The summed E-state index contributed by atoms with van der Waals surface area (Å²) < 4.78 is 15.6. The number of aromatic nitrogens is 3. The fraction of sp³-hybridized carbons (Fsp3) is 0.278. The van der Waals surface area contributed by atoms with Gasteiger partial charge in [0.15, 0.2) is 5.16 Å². The van der Waals surface area contributed by atoms with Crippen LogP contribution in [0.4, 0.5) is 10.1 Å². The van der Waals surface area contributed by atoms with Gasteiger partial charge in [-0.3, -0.25) is 4.79 Å². The van der Waals surface area contributed by atoms with Crippen molar-refractivity contribution in [2.75, 3.05) is 5.32 Å². The lowest BCUT2D eigenvalue weighted by Crippen LogP contribution is -2.23. The molecule has 1 N–H and O–H groups in total. The number of aryl methyl sites for hydroxylation is 3. The fourth-order valence-electron chi connectivity index (χ4n) is 2.30. The van der Waals surface area contributed by atoms with Gasteiger partial charge < -0.3 is 9.88 Å². The number of hydrogen-bond donors (Lipinski definition) is 1. The molecule has 26 heavy (non-hydrogen) atoms. The zero-order valence-corrected chi connectivity index (χ0v) is 16.1. The molecule has 0 radical (unpaired) electrons. The van der Waals surface area contributed by atoms with Crippen LogP contribution in [-0.2, 0) is 17.8 Å². The first-order valence-corrected chi connectivity index (χ1v) is 9.92. The molecular weight excluding hydrogens is 371 g/mol. The quantitative estimate of drug-likeness (QED) is 0.616. The van der Waals surface area contributed by atoms with Crippen molar-refractivity contribution >= 4 is 34.7 Å². The van der Waals surface area contributed by atoms with Gasteiger partial charge in [0.05, 0.1) is 5.25 Å². The SMILES string of the molecule is Cc1ccc(NC(=O)C(C)Sc2nncn2CCc2cccs2)cc1F. The van der Waals surface area contributed by atoms with E-state index in [1.807, 2.05) is 10.6 Å². The zero-order valence-electron chi connectivity index (χ0n) is 14.5. The molecule has 0 fully saturated rings. The number of halogens is 1. The molecule has 1 aromatic carbocycles. The van der Waals surface area contributed by atoms with Gasteiger partial charge in [-0.05, 0) is 49.4 Å². The molecule has 0 aliphatic rings. The standard InChI is InChI=1S/C18H19FN4OS2/c1-12-5-6-14(10-16(12)19)21-17(24)13(2)26-18-22-20-11-23(18)8-7-15-4-3-9-25-15/h3-6,9-11,13H,7-8H2,1-2H3,(H,21,24). The van der Waals surface area contributed by atoms with E-state index >= 15 is 0 Å². The Morgan fingerprint density at radius 3 is 3.00 bits per heavy atom. The van der Waals surface area contributed by atoms with E-state index in [2.05, 4.69) is 27.0 Å². The summed E-state index contributed by atoms with van der Waals surface area (Å²) in [4.78, 5) is 13.7. The van der Waals surface area contributed by atoms with E-state index in [1.165, 1.54) is 22.7 Å². The van der Waals surface area contributed by atoms with E-state index in [-0.39, 0.29) is 17.0 Å². The summed E-state index contributed by atoms with van der Waals surface area (Å²) in [7, 11) is 0. The van der Waals surface area contributed by atoms with Gasteiger partial charge >= 0.3 is 0 Å². The van der Waals surface area contributed by atoms with E-state index in [9.17, 15) is 9.18 Å². The van der Waals surface area contributed by atoms with Gasteiger partial charge in [0.25, 0.3) is 0 Å². The molecule has 8 heteroatoms. The van der Waals surface area contributed by atoms with Crippen LogP contribution < -0.4 is 5.32 Å². The molecule has 1 unspecified atom stereocenters. The Bertz CT molecular complexity index is 879. The minimum absolute atomic E-state index is 0.203. The predicted octanol–water partition coefficient (Wildman–Crippen LogP) is 4.15. The molecule has 1 amide bonds. The van der Waals surface area contributed by atoms with Crippen LogP contribution >= 0.6 is 23.1 Å². The van der Waals surface area contributed by atoms with Crippen molar-refractivity contribution in [3.63, 3.8) is 0 Å². The van der Waals surface area contributed by atoms with Crippen molar-refractivity contribution in [3.8, 4) is 0 Å². The molecule has 0 aliphatic carbocycles. The number of benzene rings is 1. The number of anilines is 1. The Morgan fingerprint density at radius 2 is 2.27 bits per heavy atom. The number of nitrogens with one attached hydrogen (secondary N) is 1. The van der Waals surface area contributed by atoms with Gasteiger partial charge in [0.1, 0.15) is 12.1 Å². The summed E-state index contributed by atoms with van der Waals surface area (Å²) in [5.74, 6) is -0.539. The monoisotopic (exact) mass is 390 g/mol. The molecule has 0 bridgehead atoms. The second kappa shape index (κ2) is 8.46. The number of amides is 1. The highest BCUT2D eigenvalue weighted by molar-refractivity contribution is 8.00. The Kier molecular flexibility index (Phi) is 6.05. The van der Waals surface area contributed by atoms with Gasteiger partial charge in [-0.2, -0.15) is 0 Å². The molecule has 0 saturated heterocycles. The highest BCUT2D eigenvalue weighted by Gasteiger charge is 2.18. The number of thiophene rings is 1. The van der Waals surface area contributed by atoms with Crippen molar-refractivity contribution in [2.24, 2.45) is 0 Å². The van der Waals surface area contributed by atoms with E-state index < -0.39 is 0 Å². The Balaban J connectivity index is 1.58. The third kappa shape index (κ3) is 4.70. The average Bonchev–Trinajstić information content (AvgIpc) is 3.28. The first-order valence-electron chi connectivity index (χ1n) is 8.17. The van der Waals surface area contributed by atoms with Crippen LogP contribution in [0.25, 0.3) is 0 Å². The fourth-order valence-corrected chi connectivity index (χ4v) is 3.85. The topological polar surface area (TPSA) is 59.8 Å². The average molecular weight is 391 g/mol. The first-order chi connectivity index (χ1) is 12.5. The highest BCUT2D eigenvalue weighted by Crippen LogP contribution is 2.23. The van der Waals surface area contributed by atoms with Crippen LogP contribution in [0, 0.1) is 12.7 Å². The molecule has 3 rings (SSSR count). The normalized spacial score (nSPS) is 12.1. The zero-order chi connectivity index (χ0) is 18.5. The lowest BCUT2D eigenvalue weighted by molar-refractivity contribution is -0.115. The molecule has 2 aromatic heterocycles. The minimum Gasteiger partial charge on any atom is -0.325 e. The Morgan fingerprint density at radius 1 is 1.42 bits per heavy atom. The van der Waals surface area contributed by atoms with Crippen molar-refractivity contribution in [3.05, 3.63) is 58.3 Å². The second-order valence-electron chi connectivity index (χ2n) is 5.85. The third-order valence-corrected chi connectivity index (χ3v) is 5.88. The smallest absolute Gasteiger partial charge is 0.237 e. The molecule has 0 spiro atoms. The lowest BCUT2D eigenvalue weighted by Gasteiger charge is -2.12. The molecular formula is C18H19FN4OS2. The summed E-state index contributed by atoms with van der Waals surface area (Å²) in [6, 6.07) is 8.79. The van der Waals surface area contributed by atoms with Crippen molar-refractivity contribution in [1.29, 1.82) is 0 Å². The van der Waals surface area contributed by atoms with Crippen molar-refractivity contribution < 1.29 is 9.18 Å². The first kappa shape index (κ1) is 18.6. The van der Waals surface area contributed by atoms with Gasteiger partial charge in [0, 0.05) is 17.1 Å².